The Balaban J connectivity index is 1.29. The highest BCUT2D eigenvalue weighted by Crippen LogP contribution is 2.42. The van der Waals surface area contributed by atoms with Gasteiger partial charge in [0.1, 0.15) is 11.4 Å². The average molecular weight is 452 g/mol. The number of hydrogen-bond acceptors (Lipinski definition) is 5. The van der Waals surface area contributed by atoms with Crippen LogP contribution in [0.25, 0.3) is 44.7 Å². The molecule has 0 amide bonds. The molecule has 0 unspecified atom stereocenters. The number of hydrogen-bond donors (Lipinski definition) is 3. The van der Waals surface area contributed by atoms with Crippen LogP contribution in [-0.4, -0.2) is 30.1 Å². The molecule has 0 aliphatic heterocycles. The first kappa shape index (κ1) is 19.4. The summed E-state index contributed by atoms with van der Waals surface area (Å²) in [5.74, 6) is 0.684. The molecule has 34 heavy (non-hydrogen) atoms. The van der Waals surface area contributed by atoms with Gasteiger partial charge in [0.25, 0.3) is 0 Å². The van der Waals surface area contributed by atoms with E-state index in [1.165, 1.54) is 43.4 Å². The lowest BCUT2D eigenvalue weighted by Crippen LogP contribution is -2.19. The molecule has 2 aliphatic rings. The maximum atomic E-state index is 15.9. The minimum atomic E-state index is -0.444. The normalized spacial score (nSPS) is 15.6. The van der Waals surface area contributed by atoms with Gasteiger partial charge < -0.3 is 10.3 Å². The number of imidazole rings is 1. The molecule has 8 heteroatoms. The lowest BCUT2D eigenvalue weighted by atomic mass is 9.82. The molecule has 4 aromatic heterocycles. The Morgan fingerprint density at radius 3 is 2.71 bits per heavy atom. The molecule has 4 heterocycles. The van der Waals surface area contributed by atoms with Gasteiger partial charge in [0.05, 0.1) is 40.0 Å². The Kier molecular flexibility index (Phi) is 4.27. The van der Waals surface area contributed by atoms with E-state index in [4.69, 9.17) is 0 Å². The molecule has 5 aromatic rings. The summed E-state index contributed by atoms with van der Waals surface area (Å²) < 4.78 is 15.9. The van der Waals surface area contributed by atoms with Crippen molar-refractivity contribution in [1.82, 2.24) is 30.1 Å². The summed E-state index contributed by atoms with van der Waals surface area (Å²) >= 11 is 0. The van der Waals surface area contributed by atoms with Crippen LogP contribution in [0.3, 0.4) is 0 Å². The number of aromatic amines is 2. The van der Waals surface area contributed by atoms with Gasteiger partial charge in [-0.1, -0.05) is 18.6 Å². The van der Waals surface area contributed by atoms with Crippen LogP contribution in [0.1, 0.15) is 32.1 Å². The molecule has 0 atom stereocenters. The maximum absolute atomic E-state index is 15.9. The number of allylic oxidation sites excluding steroid dienone is 2. The molecule has 2 saturated carbocycles. The Morgan fingerprint density at radius 2 is 1.91 bits per heavy atom. The number of nitrogens with one attached hydrogen (secondary N) is 3. The first-order chi connectivity index (χ1) is 16.7. The van der Waals surface area contributed by atoms with Crippen molar-refractivity contribution in [2.75, 3.05) is 5.32 Å². The fraction of sp³-hybridized carbons (Fsp3) is 0.231. The average Bonchev–Trinajstić information content (AvgIpc) is 3.42. The number of rotatable bonds is 5. The topological polar surface area (TPSA) is 95.2 Å². The van der Waals surface area contributed by atoms with Gasteiger partial charge in [-0.25, -0.2) is 9.37 Å². The van der Waals surface area contributed by atoms with E-state index in [9.17, 15) is 0 Å². The molecule has 168 valence electrons. The number of pyridine rings is 2. The lowest BCUT2D eigenvalue weighted by molar-refractivity contribution is 0.369. The van der Waals surface area contributed by atoms with Crippen molar-refractivity contribution in [1.29, 1.82) is 0 Å². The lowest BCUT2D eigenvalue weighted by Gasteiger charge is -2.29. The molecule has 0 saturated heterocycles. The summed E-state index contributed by atoms with van der Waals surface area (Å²) in [6, 6.07) is 9.61. The van der Waals surface area contributed by atoms with E-state index < -0.39 is 5.82 Å². The monoisotopic (exact) mass is 451 g/mol. The first-order valence-corrected chi connectivity index (χ1v) is 11.7. The number of para-hydroxylation sites is 2. The minimum Gasteiger partial charge on any atom is -0.357 e. The van der Waals surface area contributed by atoms with Crippen LogP contribution in [0.2, 0.25) is 0 Å². The number of halogens is 1. The van der Waals surface area contributed by atoms with Crippen LogP contribution in [0.5, 0.6) is 0 Å². The zero-order chi connectivity index (χ0) is 22.6. The van der Waals surface area contributed by atoms with Gasteiger partial charge in [0, 0.05) is 17.5 Å². The van der Waals surface area contributed by atoms with Gasteiger partial charge in [-0.2, -0.15) is 5.10 Å². The number of benzene rings is 1. The van der Waals surface area contributed by atoms with Crippen molar-refractivity contribution in [3.05, 3.63) is 66.0 Å². The van der Waals surface area contributed by atoms with E-state index in [0.717, 1.165) is 16.7 Å². The number of aromatic nitrogens is 6. The maximum Gasteiger partial charge on any atom is 0.161 e. The number of fused-ring (bicyclic) bond motifs is 2. The van der Waals surface area contributed by atoms with E-state index in [2.05, 4.69) is 35.5 Å². The second-order valence-corrected chi connectivity index (χ2v) is 9.12. The molecule has 3 N–H and O–H groups in total. The molecule has 0 spiro atoms. The predicted molar refractivity (Wildman–Crippen MR) is 129 cm³/mol. The summed E-state index contributed by atoms with van der Waals surface area (Å²) in [7, 11) is 0. The van der Waals surface area contributed by atoms with Gasteiger partial charge in [0.15, 0.2) is 11.6 Å². The van der Waals surface area contributed by atoms with Crippen molar-refractivity contribution in [3.63, 3.8) is 0 Å². The molecule has 7 nitrogen and oxygen atoms in total. The SMILES string of the molecule is Fc1c(-c2cncc(NC(=C3CC3)C3CCC3)c2)ncc2[nH]nc(-c3nc4ccccc4[nH]3)c12. The summed E-state index contributed by atoms with van der Waals surface area (Å²) in [6.07, 6.45) is 11.1. The number of H-pyrrole nitrogens is 2. The summed E-state index contributed by atoms with van der Waals surface area (Å²) in [5.41, 5.74) is 7.21. The van der Waals surface area contributed by atoms with Crippen molar-refractivity contribution < 1.29 is 4.39 Å². The third kappa shape index (κ3) is 3.17. The fourth-order valence-electron chi connectivity index (χ4n) is 4.71. The van der Waals surface area contributed by atoms with Crippen LogP contribution in [0, 0.1) is 11.7 Å². The number of anilines is 1. The van der Waals surface area contributed by atoms with Gasteiger partial charge in [0.2, 0.25) is 0 Å². The summed E-state index contributed by atoms with van der Waals surface area (Å²) in [4.78, 5) is 16.6. The molecule has 2 fully saturated rings. The number of nitrogens with zero attached hydrogens (tertiary/aromatic N) is 4. The van der Waals surface area contributed by atoms with E-state index in [1.54, 1.807) is 18.6 Å². The minimum absolute atomic E-state index is 0.242. The fourth-order valence-corrected chi connectivity index (χ4v) is 4.71. The highest BCUT2D eigenvalue weighted by atomic mass is 19.1. The standard InChI is InChI=1S/C26H22FN7/c27-22-21-20(33-34-25(21)26-31-18-6-1-2-7-19(18)32-26)13-29-24(22)16-10-17(12-28-11-16)30-23(15-8-9-15)14-4-3-5-14/h1-2,6-7,10-14,30H,3-5,8-9H2,(H,31,32)(H,33,34). The predicted octanol–water partition coefficient (Wildman–Crippen LogP) is 5.96. The van der Waals surface area contributed by atoms with Crippen LogP contribution in [0.15, 0.2) is 60.2 Å². The molecule has 2 aliphatic carbocycles. The second-order valence-electron chi connectivity index (χ2n) is 9.12. The van der Waals surface area contributed by atoms with Crippen LogP contribution in [0.4, 0.5) is 10.1 Å². The van der Waals surface area contributed by atoms with Gasteiger partial charge in [-0.05, 0) is 55.4 Å². The zero-order valence-corrected chi connectivity index (χ0v) is 18.4. The molecule has 7 rings (SSSR count). The smallest absolute Gasteiger partial charge is 0.161 e. The Labute approximate surface area is 194 Å². The van der Waals surface area contributed by atoms with Gasteiger partial charge in [-0.3, -0.25) is 15.1 Å². The summed E-state index contributed by atoms with van der Waals surface area (Å²) in [5, 5.41) is 11.2. The third-order valence-corrected chi connectivity index (χ3v) is 6.84. The molecule has 0 bridgehead atoms. The Bertz CT molecular complexity index is 1550. The van der Waals surface area contributed by atoms with Crippen molar-refractivity contribution >= 4 is 27.6 Å². The van der Waals surface area contributed by atoms with Crippen LogP contribution >= 0.6 is 0 Å². The van der Waals surface area contributed by atoms with Crippen molar-refractivity contribution in [2.24, 2.45) is 5.92 Å². The van der Waals surface area contributed by atoms with Crippen LogP contribution in [-0.2, 0) is 0 Å². The van der Waals surface area contributed by atoms with E-state index in [-0.39, 0.29) is 5.69 Å². The third-order valence-electron chi connectivity index (χ3n) is 6.84. The zero-order valence-electron chi connectivity index (χ0n) is 18.4. The molecule has 1 aromatic carbocycles. The first-order valence-electron chi connectivity index (χ1n) is 11.7. The Hall–Kier alpha value is -4.07. The highest BCUT2D eigenvalue weighted by Gasteiger charge is 2.29. The molecular formula is C26H22FN7. The van der Waals surface area contributed by atoms with Gasteiger partial charge >= 0.3 is 0 Å². The van der Waals surface area contributed by atoms with Crippen molar-refractivity contribution in [2.45, 2.75) is 32.1 Å². The Morgan fingerprint density at radius 1 is 1.03 bits per heavy atom. The van der Waals surface area contributed by atoms with E-state index in [0.29, 0.717) is 33.9 Å². The highest BCUT2D eigenvalue weighted by molar-refractivity contribution is 5.95. The second kappa shape index (κ2) is 7.48. The molecular weight excluding hydrogens is 429 g/mol. The van der Waals surface area contributed by atoms with Gasteiger partial charge in [-0.15, -0.1) is 0 Å². The van der Waals surface area contributed by atoms with Crippen LogP contribution < -0.4 is 5.32 Å². The van der Waals surface area contributed by atoms with E-state index >= 15 is 4.39 Å². The molecule has 0 radical (unpaired) electrons. The van der Waals surface area contributed by atoms with Crippen molar-refractivity contribution in [3.8, 4) is 22.8 Å². The summed E-state index contributed by atoms with van der Waals surface area (Å²) in [6.45, 7) is 0. The van der Waals surface area contributed by atoms with E-state index in [1.807, 2.05) is 30.3 Å². The quantitative estimate of drug-likeness (QED) is 0.306. The largest absolute Gasteiger partial charge is 0.357 e.